The van der Waals surface area contributed by atoms with Crippen molar-refractivity contribution in [1.82, 2.24) is 0 Å². The molecule has 0 spiro atoms. The molecule has 0 aliphatic heterocycles. The summed E-state index contributed by atoms with van der Waals surface area (Å²) in [5, 5.41) is -0.468. The smallest absolute Gasteiger partial charge is 0.324 e. The van der Waals surface area contributed by atoms with Gasteiger partial charge in [-0.1, -0.05) is 84.5 Å². The first kappa shape index (κ1) is 22.8. The van der Waals surface area contributed by atoms with Crippen molar-refractivity contribution in [3.8, 4) is 0 Å². The second-order valence-electron chi connectivity index (χ2n) is 7.93. The van der Waals surface area contributed by atoms with Crippen molar-refractivity contribution in [3.05, 3.63) is 0 Å². The molecule has 2 nitrogen and oxygen atoms in total. The fourth-order valence-corrected chi connectivity index (χ4v) is 3.92. The molecule has 1 fully saturated rings. The minimum atomic E-state index is -0.468. The van der Waals surface area contributed by atoms with Gasteiger partial charge in [0.25, 0.3) is 0 Å². The maximum Gasteiger partial charge on any atom is 0.324 e. The van der Waals surface area contributed by atoms with E-state index in [1.807, 2.05) is 6.92 Å². The third kappa shape index (κ3) is 11.2. The molecular weight excluding hydrogens is 332 g/mol. The zero-order chi connectivity index (χ0) is 18.3. The Morgan fingerprint density at radius 3 is 1.92 bits per heavy atom. The van der Waals surface area contributed by atoms with Crippen molar-refractivity contribution in [3.63, 3.8) is 0 Å². The van der Waals surface area contributed by atoms with Gasteiger partial charge in [0.05, 0.1) is 0 Å². The first-order chi connectivity index (χ1) is 12.2. The first-order valence-electron chi connectivity index (χ1n) is 11.0. The van der Waals surface area contributed by atoms with Crippen LogP contribution in [0.25, 0.3) is 0 Å². The third-order valence-corrected chi connectivity index (χ3v) is 6.14. The van der Waals surface area contributed by atoms with Crippen molar-refractivity contribution in [2.24, 2.45) is 5.92 Å². The summed E-state index contributed by atoms with van der Waals surface area (Å²) >= 11 is 5.94. The zero-order valence-electron chi connectivity index (χ0n) is 16.7. The van der Waals surface area contributed by atoms with Crippen LogP contribution in [-0.2, 0) is 9.53 Å². The topological polar surface area (TPSA) is 26.3 Å². The predicted molar refractivity (Wildman–Crippen MR) is 108 cm³/mol. The van der Waals surface area contributed by atoms with Gasteiger partial charge in [0.1, 0.15) is 11.5 Å². The van der Waals surface area contributed by atoms with Gasteiger partial charge in [0.2, 0.25) is 0 Å². The maximum absolute atomic E-state index is 11.7. The molecule has 0 saturated heterocycles. The number of hydrogen-bond donors (Lipinski definition) is 0. The number of esters is 1. The monoisotopic (exact) mass is 372 g/mol. The van der Waals surface area contributed by atoms with E-state index in [4.69, 9.17) is 16.3 Å². The number of unbranched alkanes of at least 4 members (excludes halogenated alkanes) is 9. The molecule has 1 aliphatic carbocycles. The molecule has 0 aromatic heterocycles. The summed E-state index contributed by atoms with van der Waals surface area (Å²) in [4.78, 5) is 11.7. The zero-order valence-corrected chi connectivity index (χ0v) is 17.5. The van der Waals surface area contributed by atoms with Gasteiger partial charge in [-0.25, -0.2) is 0 Å². The fourth-order valence-electron chi connectivity index (χ4n) is 3.86. The van der Waals surface area contributed by atoms with E-state index in [1.54, 1.807) is 0 Å². The average molecular weight is 373 g/mol. The van der Waals surface area contributed by atoms with Crippen molar-refractivity contribution in [2.75, 3.05) is 0 Å². The highest BCUT2D eigenvalue weighted by molar-refractivity contribution is 6.29. The Morgan fingerprint density at radius 1 is 0.880 bits per heavy atom. The molecule has 0 bridgehead atoms. The number of alkyl halides is 1. The molecule has 25 heavy (non-hydrogen) atoms. The van der Waals surface area contributed by atoms with Crippen molar-refractivity contribution < 1.29 is 9.53 Å². The van der Waals surface area contributed by atoms with Crippen LogP contribution in [0.2, 0.25) is 0 Å². The van der Waals surface area contributed by atoms with Gasteiger partial charge >= 0.3 is 5.97 Å². The average Bonchev–Trinajstić information content (AvgIpc) is 2.63. The van der Waals surface area contributed by atoms with E-state index in [-0.39, 0.29) is 12.1 Å². The SMILES string of the molecule is CCCCCCCCCCCCC1CCC(OC(=O)C(Cl)CC)CC1. The number of carbonyl (C=O) groups excluding carboxylic acids is 1. The fraction of sp³-hybridized carbons (Fsp3) is 0.955. The Labute approximate surface area is 161 Å². The van der Waals surface area contributed by atoms with Gasteiger partial charge < -0.3 is 4.74 Å². The van der Waals surface area contributed by atoms with Gasteiger partial charge in [-0.05, 0) is 38.0 Å². The van der Waals surface area contributed by atoms with Crippen LogP contribution in [0.15, 0.2) is 0 Å². The van der Waals surface area contributed by atoms with Crippen molar-refractivity contribution in [1.29, 1.82) is 0 Å². The summed E-state index contributed by atoms with van der Waals surface area (Å²) in [6, 6.07) is 0. The molecule has 1 aliphatic rings. The number of ether oxygens (including phenoxy) is 1. The van der Waals surface area contributed by atoms with Crippen LogP contribution in [0.4, 0.5) is 0 Å². The third-order valence-electron chi connectivity index (χ3n) is 5.66. The molecular formula is C22H41ClO2. The van der Waals surface area contributed by atoms with Gasteiger partial charge in [0, 0.05) is 0 Å². The number of halogens is 1. The molecule has 3 heteroatoms. The molecule has 0 radical (unpaired) electrons. The Bertz CT molecular complexity index is 324. The highest BCUT2D eigenvalue weighted by Crippen LogP contribution is 2.30. The van der Waals surface area contributed by atoms with Crippen LogP contribution in [-0.4, -0.2) is 17.5 Å². The minimum absolute atomic E-state index is 0.115. The molecule has 0 heterocycles. The van der Waals surface area contributed by atoms with Crippen molar-refractivity contribution in [2.45, 2.75) is 128 Å². The van der Waals surface area contributed by atoms with Crippen LogP contribution in [0, 0.1) is 5.92 Å². The minimum Gasteiger partial charge on any atom is -0.461 e. The molecule has 1 unspecified atom stereocenters. The van der Waals surface area contributed by atoms with E-state index in [1.165, 1.54) is 83.5 Å². The summed E-state index contributed by atoms with van der Waals surface area (Å²) in [6.45, 7) is 4.20. The summed E-state index contributed by atoms with van der Waals surface area (Å²) in [7, 11) is 0. The van der Waals surface area contributed by atoms with Crippen LogP contribution in [0.3, 0.4) is 0 Å². The van der Waals surface area contributed by atoms with Crippen LogP contribution >= 0.6 is 11.6 Å². The van der Waals surface area contributed by atoms with Gasteiger partial charge in [-0.3, -0.25) is 4.79 Å². The van der Waals surface area contributed by atoms with Gasteiger partial charge in [-0.2, -0.15) is 0 Å². The lowest BCUT2D eigenvalue weighted by atomic mass is 9.84. The van der Waals surface area contributed by atoms with Crippen LogP contribution in [0.5, 0.6) is 0 Å². The second kappa shape index (κ2) is 14.9. The molecule has 148 valence electrons. The van der Waals surface area contributed by atoms with Crippen LogP contribution < -0.4 is 0 Å². The Hall–Kier alpha value is -0.240. The van der Waals surface area contributed by atoms with Crippen LogP contribution in [0.1, 0.15) is 117 Å². The number of hydrogen-bond acceptors (Lipinski definition) is 2. The first-order valence-corrected chi connectivity index (χ1v) is 11.5. The van der Waals surface area contributed by atoms with E-state index in [9.17, 15) is 4.79 Å². The quantitative estimate of drug-likeness (QED) is 0.180. The van der Waals surface area contributed by atoms with E-state index < -0.39 is 5.38 Å². The lowest BCUT2D eigenvalue weighted by molar-refractivity contribution is -0.150. The van der Waals surface area contributed by atoms with Crippen molar-refractivity contribution >= 4 is 17.6 Å². The Kier molecular flexibility index (Phi) is 13.6. The normalized spacial score (nSPS) is 21.9. The van der Waals surface area contributed by atoms with E-state index >= 15 is 0 Å². The van der Waals surface area contributed by atoms with E-state index in [0.29, 0.717) is 6.42 Å². The Morgan fingerprint density at radius 2 is 1.40 bits per heavy atom. The number of rotatable bonds is 14. The summed E-state index contributed by atoms with van der Waals surface area (Å²) < 4.78 is 5.53. The molecule has 0 N–H and O–H groups in total. The van der Waals surface area contributed by atoms with Gasteiger partial charge in [0.15, 0.2) is 0 Å². The number of carbonyl (C=O) groups is 1. The maximum atomic E-state index is 11.7. The van der Waals surface area contributed by atoms with Gasteiger partial charge in [-0.15, -0.1) is 11.6 Å². The van der Waals surface area contributed by atoms with E-state index in [2.05, 4.69) is 6.92 Å². The molecule has 1 saturated carbocycles. The molecule has 0 aromatic carbocycles. The molecule has 0 amide bonds. The summed E-state index contributed by atoms with van der Waals surface area (Å²) in [6.07, 6.45) is 20.7. The van der Waals surface area contributed by atoms with E-state index in [0.717, 1.165) is 18.8 Å². The largest absolute Gasteiger partial charge is 0.461 e. The molecule has 0 aromatic rings. The lowest BCUT2D eigenvalue weighted by Gasteiger charge is -2.28. The lowest BCUT2D eigenvalue weighted by Crippen LogP contribution is -2.28. The standard InChI is InChI=1S/C22H41ClO2/c1-3-5-6-7-8-9-10-11-12-13-14-19-15-17-20(18-16-19)25-22(24)21(23)4-2/h19-21H,3-18H2,1-2H3. The highest BCUT2D eigenvalue weighted by Gasteiger charge is 2.25. The molecule has 1 atom stereocenters. The summed E-state index contributed by atoms with van der Waals surface area (Å²) in [5.74, 6) is 0.629. The molecule has 1 rings (SSSR count). The highest BCUT2D eigenvalue weighted by atomic mass is 35.5. The second-order valence-corrected chi connectivity index (χ2v) is 8.45. The predicted octanol–water partition coefficient (Wildman–Crippen LogP) is 7.42. The summed E-state index contributed by atoms with van der Waals surface area (Å²) in [5.41, 5.74) is 0. The Balaban J connectivity index is 1.93.